The predicted octanol–water partition coefficient (Wildman–Crippen LogP) is 1.53. The molecule has 2 aromatic heterocycles. The first kappa shape index (κ1) is 11.4. The zero-order chi connectivity index (χ0) is 12.1. The first-order valence-corrected chi connectivity index (χ1v) is 5.62. The molecule has 0 aliphatic rings. The second-order valence-electron chi connectivity index (χ2n) is 3.90. The van der Waals surface area contributed by atoms with Crippen molar-refractivity contribution in [3.63, 3.8) is 0 Å². The van der Waals surface area contributed by atoms with Gasteiger partial charge in [-0.05, 0) is 18.1 Å². The first-order valence-electron chi connectivity index (χ1n) is 5.62. The summed E-state index contributed by atoms with van der Waals surface area (Å²) in [4.78, 5) is 13.5. The molecule has 90 valence electrons. The highest BCUT2D eigenvalue weighted by Gasteiger charge is 2.04. The number of hydrogen-bond acceptors (Lipinski definition) is 4. The topological polar surface area (TPSA) is 56.8 Å². The highest BCUT2D eigenvalue weighted by Crippen LogP contribution is 2.12. The van der Waals surface area contributed by atoms with Gasteiger partial charge in [-0.15, -0.1) is 0 Å². The van der Waals surface area contributed by atoms with E-state index in [1.165, 1.54) is 5.56 Å². The van der Waals surface area contributed by atoms with Gasteiger partial charge < -0.3 is 15.2 Å². The summed E-state index contributed by atoms with van der Waals surface area (Å²) in [5, 5.41) is 3.01. The molecule has 0 fully saturated rings. The standard InChI is InChI=1S/C12H17N5/c1-13-11-7-12(16-9-15-11)17(2)6-4-10-3-5-14-8-10/h3,5,7-9,14H,4,6H2,1-2H3,(H,13,15,16). The van der Waals surface area contributed by atoms with Gasteiger partial charge in [0.25, 0.3) is 0 Å². The van der Waals surface area contributed by atoms with Gasteiger partial charge in [0.1, 0.15) is 18.0 Å². The molecule has 0 bridgehead atoms. The molecule has 2 heterocycles. The first-order chi connectivity index (χ1) is 8.29. The van der Waals surface area contributed by atoms with Gasteiger partial charge in [0, 0.05) is 39.1 Å². The van der Waals surface area contributed by atoms with Crippen LogP contribution < -0.4 is 10.2 Å². The van der Waals surface area contributed by atoms with Gasteiger partial charge in [0.05, 0.1) is 0 Å². The summed E-state index contributed by atoms with van der Waals surface area (Å²) in [5.41, 5.74) is 1.31. The van der Waals surface area contributed by atoms with Crippen molar-refractivity contribution in [2.24, 2.45) is 0 Å². The third kappa shape index (κ3) is 2.96. The van der Waals surface area contributed by atoms with Crippen LogP contribution in [0.25, 0.3) is 0 Å². The molecule has 0 aliphatic carbocycles. The van der Waals surface area contributed by atoms with Crippen LogP contribution >= 0.6 is 0 Å². The number of aromatic nitrogens is 3. The number of nitrogens with one attached hydrogen (secondary N) is 2. The number of hydrogen-bond donors (Lipinski definition) is 2. The highest BCUT2D eigenvalue weighted by molar-refractivity contribution is 5.47. The summed E-state index contributed by atoms with van der Waals surface area (Å²) >= 11 is 0. The maximum absolute atomic E-state index is 4.25. The Bertz CT molecular complexity index is 452. The monoisotopic (exact) mass is 231 g/mol. The molecule has 2 aromatic rings. The van der Waals surface area contributed by atoms with Crippen molar-refractivity contribution in [3.05, 3.63) is 36.4 Å². The molecular weight excluding hydrogens is 214 g/mol. The molecule has 0 saturated carbocycles. The van der Waals surface area contributed by atoms with Crippen molar-refractivity contribution >= 4 is 11.6 Å². The van der Waals surface area contributed by atoms with Crippen LogP contribution in [0, 0.1) is 0 Å². The lowest BCUT2D eigenvalue weighted by Gasteiger charge is -2.17. The molecule has 5 heteroatoms. The lowest BCUT2D eigenvalue weighted by molar-refractivity contribution is 0.857. The van der Waals surface area contributed by atoms with Crippen molar-refractivity contribution in [1.82, 2.24) is 15.0 Å². The number of anilines is 2. The van der Waals surface area contributed by atoms with E-state index in [0.29, 0.717) is 0 Å². The van der Waals surface area contributed by atoms with Gasteiger partial charge in [0.15, 0.2) is 0 Å². The summed E-state index contributed by atoms with van der Waals surface area (Å²) in [6.07, 6.45) is 6.54. The third-order valence-corrected chi connectivity index (χ3v) is 2.70. The molecule has 2 N–H and O–H groups in total. The van der Waals surface area contributed by atoms with Crippen LogP contribution in [0.15, 0.2) is 30.9 Å². The van der Waals surface area contributed by atoms with Crippen molar-refractivity contribution in [1.29, 1.82) is 0 Å². The summed E-state index contributed by atoms with van der Waals surface area (Å²) < 4.78 is 0. The van der Waals surface area contributed by atoms with Gasteiger partial charge in [-0.3, -0.25) is 0 Å². The van der Waals surface area contributed by atoms with E-state index in [4.69, 9.17) is 0 Å². The summed E-state index contributed by atoms with van der Waals surface area (Å²) in [7, 11) is 3.89. The number of aromatic amines is 1. The van der Waals surface area contributed by atoms with Crippen LogP contribution in [0.4, 0.5) is 11.6 Å². The Morgan fingerprint density at radius 1 is 1.41 bits per heavy atom. The smallest absolute Gasteiger partial charge is 0.133 e. The molecule has 0 atom stereocenters. The number of rotatable bonds is 5. The van der Waals surface area contributed by atoms with Crippen molar-refractivity contribution < 1.29 is 0 Å². The zero-order valence-corrected chi connectivity index (χ0v) is 10.1. The Kier molecular flexibility index (Phi) is 3.59. The average molecular weight is 231 g/mol. The normalized spacial score (nSPS) is 10.2. The Labute approximate surface area is 101 Å². The predicted molar refractivity (Wildman–Crippen MR) is 69.3 cm³/mol. The number of H-pyrrole nitrogens is 1. The van der Waals surface area contributed by atoms with Crippen molar-refractivity contribution in [3.8, 4) is 0 Å². The fourth-order valence-electron chi connectivity index (χ4n) is 1.62. The van der Waals surface area contributed by atoms with Crippen LogP contribution in [0.2, 0.25) is 0 Å². The Morgan fingerprint density at radius 3 is 3.00 bits per heavy atom. The summed E-state index contributed by atoms with van der Waals surface area (Å²) in [6, 6.07) is 4.03. The number of nitrogens with zero attached hydrogens (tertiary/aromatic N) is 3. The van der Waals surface area contributed by atoms with Gasteiger partial charge in [-0.1, -0.05) is 0 Å². The second-order valence-corrected chi connectivity index (χ2v) is 3.90. The SMILES string of the molecule is CNc1cc(N(C)CCc2cc[nH]c2)ncn1. The van der Waals surface area contributed by atoms with E-state index in [2.05, 4.69) is 31.2 Å². The molecule has 0 spiro atoms. The van der Waals surface area contributed by atoms with Gasteiger partial charge in [-0.25, -0.2) is 9.97 Å². The minimum Gasteiger partial charge on any atom is -0.373 e. The fraction of sp³-hybridized carbons (Fsp3) is 0.333. The summed E-state index contributed by atoms with van der Waals surface area (Å²) in [5.74, 6) is 1.77. The van der Waals surface area contributed by atoms with Crippen molar-refractivity contribution in [2.45, 2.75) is 6.42 Å². The largest absolute Gasteiger partial charge is 0.373 e. The minimum atomic E-state index is 0.837. The second kappa shape index (κ2) is 5.34. The molecule has 0 unspecified atom stereocenters. The van der Waals surface area contributed by atoms with Crippen LogP contribution in [0.3, 0.4) is 0 Å². The van der Waals surface area contributed by atoms with E-state index in [0.717, 1.165) is 24.6 Å². The molecule has 0 amide bonds. The molecular formula is C12H17N5. The minimum absolute atomic E-state index is 0.837. The Morgan fingerprint density at radius 2 is 2.29 bits per heavy atom. The van der Waals surface area contributed by atoms with Gasteiger partial charge >= 0.3 is 0 Å². The lowest BCUT2D eigenvalue weighted by Crippen LogP contribution is -2.21. The third-order valence-electron chi connectivity index (χ3n) is 2.70. The lowest BCUT2D eigenvalue weighted by atomic mass is 10.2. The molecule has 0 radical (unpaired) electrons. The van der Waals surface area contributed by atoms with Crippen LogP contribution in [0.1, 0.15) is 5.56 Å². The Balaban J connectivity index is 1.96. The van der Waals surface area contributed by atoms with E-state index in [1.54, 1.807) is 6.33 Å². The van der Waals surface area contributed by atoms with E-state index in [9.17, 15) is 0 Å². The van der Waals surface area contributed by atoms with Crippen LogP contribution in [-0.2, 0) is 6.42 Å². The van der Waals surface area contributed by atoms with Crippen molar-refractivity contribution in [2.75, 3.05) is 30.9 Å². The quantitative estimate of drug-likeness (QED) is 0.819. The van der Waals surface area contributed by atoms with E-state index >= 15 is 0 Å². The highest BCUT2D eigenvalue weighted by atomic mass is 15.2. The molecule has 0 aromatic carbocycles. The van der Waals surface area contributed by atoms with Gasteiger partial charge in [0.2, 0.25) is 0 Å². The maximum Gasteiger partial charge on any atom is 0.133 e. The summed E-state index contributed by atoms with van der Waals surface area (Å²) in [6.45, 7) is 0.929. The number of likely N-dealkylation sites (N-methyl/N-ethyl adjacent to an activating group) is 1. The van der Waals surface area contributed by atoms with Crippen LogP contribution in [-0.4, -0.2) is 35.6 Å². The molecule has 0 saturated heterocycles. The van der Waals surface area contributed by atoms with E-state index in [-0.39, 0.29) is 0 Å². The average Bonchev–Trinajstić information content (AvgIpc) is 2.89. The molecule has 2 rings (SSSR count). The molecule has 17 heavy (non-hydrogen) atoms. The van der Waals surface area contributed by atoms with Crippen LogP contribution in [0.5, 0.6) is 0 Å². The Hall–Kier alpha value is -2.04. The fourth-order valence-corrected chi connectivity index (χ4v) is 1.62. The van der Waals surface area contributed by atoms with E-state index < -0.39 is 0 Å². The van der Waals surface area contributed by atoms with Gasteiger partial charge in [-0.2, -0.15) is 0 Å². The zero-order valence-electron chi connectivity index (χ0n) is 10.1. The molecule has 5 nitrogen and oxygen atoms in total. The molecule has 0 aliphatic heterocycles. The van der Waals surface area contributed by atoms with E-state index in [1.807, 2.05) is 32.6 Å². The maximum atomic E-state index is 4.25.